The first kappa shape index (κ1) is 18.4. The molecule has 2 aliphatic heterocycles. The summed E-state index contributed by atoms with van der Waals surface area (Å²) in [4.78, 5) is 19.8. The number of nitrogens with two attached hydrogens (primary N) is 1. The van der Waals surface area contributed by atoms with Crippen LogP contribution in [0, 0.1) is 0 Å². The van der Waals surface area contributed by atoms with Gasteiger partial charge in [-0.05, 0) is 35.4 Å². The largest absolute Gasteiger partial charge is 0.383 e. The fraction of sp³-hybridized carbons (Fsp3) is 0.273. The second-order valence-corrected chi connectivity index (χ2v) is 7.70. The minimum Gasteiger partial charge on any atom is -0.383 e. The molecule has 2 aliphatic rings. The molecule has 0 saturated carbocycles. The summed E-state index contributed by atoms with van der Waals surface area (Å²) in [5.74, 6) is 0.445. The molecule has 3 aromatic rings. The van der Waals surface area contributed by atoms with Crippen LogP contribution in [0.3, 0.4) is 0 Å². The number of nitrogen functional groups attached to an aromatic ring is 1. The molecule has 1 aromatic heterocycles. The summed E-state index contributed by atoms with van der Waals surface area (Å²) >= 11 is 6.40. The van der Waals surface area contributed by atoms with Gasteiger partial charge in [-0.15, -0.1) is 0 Å². The third-order valence-corrected chi connectivity index (χ3v) is 5.97. The molecule has 3 heterocycles. The van der Waals surface area contributed by atoms with Gasteiger partial charge in [0.1, 0.15) is 5.82 Å². The molecule has 6 nitrogen and oxygen atoms in total. The fourth-order valence-electron chi connectivity index (χ4n) is 4.12. The molecular weight excluding hydrogens is 390 g/mol. The van der Waals surface area contributed by atoms with Crippen molar-refractivity contribution < 1.29 is 14.3 Å². The van der Waals surface area contributed by atoms with Crippen molar-refractivity contribution in [2.24, 2.45) is 0 Å². The first-order valence-corrected chi connectivity index (χ1v) is 9.93. The van der Waals surface area contributed by atoms with Crippen LogP contribution in [0.4, 0.5) is 5.82 Å². The van der Waals surface area contributed by atoms with Gasteiger partial charge in [-0.25, -0.2) is 4.98 Å². The normalized spacial score (nSPS) is 18.8. The molecular formula is C22H20ClN3O3. The molecule has 2 N–H and O–H groups in total. The summed E-state index contributed by atoms with van der Waals surface area (Å²) in [7, 11) is 0. The quantitative estimate of drug-likeness (QED) is 0.698. The lowest BCUT2D eigenvalue weighted by Crippen LogP contribution is -2.43. The second-order valence-electron chi connectivity index (χ2n) is 7.29. The van der Waals surface area contributed by atoms with Crippen molar-refractivity contribution in [2.75, 3.05) is 25.5 Å². The van der Waals surface area contributed by atoms with E-state index in [-0.39, 0.29) is 11.9 Å². The van der Waals surface area contributed by atoms with E-state index in [4.69, 9.17) is 26.8 Å². The van der Waals surface area contributed by atoms with E-state index in [1.54, 1.807) is 6.07 Å². The summed E-state index contributed by atoms with van der Waals surface area (Å²) in [6.07, 6.45) is 0. The van der Waals surface area contributed by atoms with Crippen molar-refractivity contribution in [1.29, 1.82) is 0 Å². The summed E-state index contributed by atoms with van der Waals surface area (Å²) in [6, 6.07) is 12.9. The van der Waals surface area contributed by atoms with Gasteiger partial charge >= 0.3 is 0 Å². The molecule has 0 spiro atoms. The summed E-state index contributed by atoms with van der Waals surface area (Å²) in [5, 5.41) is 1.55. The number of ether oxygens (including phenoxy) is 2. The zero-order valence-electron chi connectivity index (χ0n) is 15.7. The molecule has 148 valence electrons. The number of aromatic nitrogens is 1. The average molecular weight is 410 g/mol. The van der Waals surface area contributed by atoms with E-state index in [1.165, 1.54) is 0 Å². The molecule has 1 unspecified atom stereocenters. The van der Waals surface area contributed by atoms with E-state index in [1.807, 2.05) is 41.3 Å². The Morgan fingerprint density at radius 2 is 1.97 bits per heavy atom. The van der Waals surface area contributed by atoms with E-state index < -0.39 is 0 Å². The summed E-state index contributed by atoms with van der Waals surface area (Å²) in [6.45, 7) is 2.37. The lowest BCUT2D eigenvalue weighted by atomic mass is 10.0. The van der Waals surface area contributed by atoms with Crippen molar-refractivity contribution in [3.8, 4) is 0 Å². The van der Waals surface area contributed by atoms with Gasteiger partial charge in [0.2, 0.25) is 0 Å². The number of morpholine rings is 1. The van der Waals surface area contributed by atoms with Gasteiger partial charge < -0.3 is 20.1 Å². The fourth-order valence-corrected chi connectivity index (χ4v) is 4.38. The van der Waals surface area contributed by atoms with E-state index in [2.05, 4.69) is 4.98 Å². The molecule has 7 heteroatoms. The van der Waals surface area contributed by atoms with Crippen molar-refractivity contribution >= 4 is 34.2 Å². The minimum atomic E-state index is -0.223. The van der Waals surface area contributed by atoms with Crippen LogP contribution in [-0.4, -0.2) is 35.5 Å². The maximum atomic E-state index is 13.5. The first-order chi connectivity index (χ1) is 14.1. The van der Waals surface area contributed by atoms with Gasteiger partial charge in [0, 0.05) is 28.1 Å². The number of rotatable bonds is 2. The minimum absolute atomic E-state index is 0.0513. The van der Waals surface area contributed by atoms with Crippen molar-refractivity contribution in [2.45, 2.75) is 19.3 Å². The zero-order valence-corrected chi connectivity index (χ0v) is 16.5. The highest BCUT2D eigenvalue weighted by molar-refractivity contribution is 6.31. The molecule has 0 radical (unpaired) electrons. The molecule has 29 heavy (non-hydrogen) atoms. The first-order valence-electron chi connectivity index (χ1n) is 9.55. The second kappa shape index (κ2) is 7.30. The van der Waals surface area contributed by atoms with Gasteiger partial charge in [0.15, 0.2) is 0 Å². The molecule has 1 fully saturated rings. The Balaban J connectivity index is 1.54. The standard InChI is InChI=1S/C22H20ClN3O3/c23-18-4-2-1-3-14(18)20-12-28-8-7-26(20)22(27)13-5-6-19-15(9-13)16-10-29-11-17(16)21(24)25-19/h1-6,9,20H,7-8,10-12H2,(H2,24,25). The number of hydrogen-bond acceptors (Lipinski definition) is 5. The molecule has 0 bridgehead atoms. The number of anilines is 1. The summed E-state index contributed by atoms with van der Waals surface area (Å²) < 4.78 is 11.2. The number of pyridine rings is 1. The van der Waals surface area contributed by atoms with E-state index in [9.17, 15) is 4.79 Å². The van der Waals surface area contributed by atoms with Gasteiger partial charge in [0.05, 0.1) is 38.0 Å². The maximum Gasteiger partial charge on any atom is 0.254 e. The predicted octanol–water partition coefficient (Wildman–Crippen LogP) is 3.71. The third-order valence-electron chi connectivity index (χ3n) is 5.63. The van der Waals surface area contributed by atoms with Gasteiger partial charge in [0.25, 0.3) is 5.91 Å². The molecule has 1 atom stereocenters. The van der Waals surface area contributed by atoms with Crippen LogP contribution >= 0.6 is 11.6 Å². The monoisotopic (exact) mass is 409 g/mol. The van der Waals surface area contributed by atoms with E-state index in [0.29, 0.717) is 49.4 Å². The van der Waals surface area contributed by atoms with Crippen LogP contribution in [0.15, 0.2) is 42.5 Å². The smallest absolute Gasteiger partial charge is 0.254 e. The highest BCUT2D eigenvalue weighted by Gasteiger charge is 2.31. The van der Waals surface area contributed by atoms with Crippen LogP contribution in [-0.2, 0) is 22.7 Å². The lowest BCUT2D eigenvalue weighted by molar-refractivity contribution is -0.00265. The number of nitrogens with zero attached hydrogens (tertiary/aromatic N) is 2. The lowest BCUT2D eigenvalue weighted by Gasteiger charge is -2.36. The SMILES string of the molecule is Nc1nc2ccc(C(=O)N3CCOCC3c3ccccc3Cl)cc2c2c1COC2. The number of carbonyl (C=O) groups excluding carboxylic acids is 1. The number of amides is 1. The molecule has 2 aromatic carbocycles. The van der Waals surface area contributed by atoms with Crippen molar-refractivity contribution in [3.63, 3.8) is 0 Å². The van der Waals surface area contributed by atoms with Crippen LogP contribution in [0.2, 0.25) is 5.02 Å². The Morgan fingerprint density at radius 1 is 1.14 bits per heavy atom. The Bertz CT molecular complexity index is 1120. The molecule has 1 saturated heterocycles. The van der Waals surface area contributed by atoms with E-state index >= 15 is 0 Å². The summed E-state index contributed by atoms with van der Waals surface area (Å²) in [5.41, 5.74) is 10.3. The Labute approximate surface area is 173 Å². The van der Waals surface area contributed by atoms with Crippen LogP contribution in [0.5, 0.6) is 0 Å². The number of benzene rings is 2. The predicted molar refractivity (Wildman–Crippen MR) is 111 cm³/mol. The van der Waals surface area contributed by atoms with Gasteiger partial charge in [-0.1, -0.05) is 29.8 Å². The van der Waals surface area contributed by atoms with Crippen LogP contribution < -0.4 is 5.73 Å². The maximum absolute atomic E-state index is 13.5. The third kappa shape index (κ3) is 3.13. The highest BCUT2D eigenvalue weighted by Crippen LogP contribution is 2.34. The Kier molecular flexibility index (Phi) is 4.62. The molecule has 5 rings (SSSR count). The van der Waals surface area contributed by atoms with Gasteiger partial charge in [-0.2, -0.15) is 0 Å². The van der Waals surface area contributed by atoms with E-state index in [0.717, 1.165) is 27.6 Å². The zero-order chi connectivity index (χ0) is 20.0. The Morgan fingerprint density at radius 3 is 2.83 bits per heavy atom. The van der Waals surface area contributed by atoms with Gasteiger partial charge in [-0.3, -0.25) is 4.79 Å². The van der Waals surface area contributed by atoms with Crippen molar-refractivity contribution in [3.05, 3.63) is 69.7 Å². The Hall–Kier alpha value is -2.67. The van der Waals surface area contributed by atoms with Crippen LogP contribution in [0.25, 0.3) is 10.9 Å². The van der Waals surface area contributed by atoms with Crippen molar-refractivity contribution in [1.82, 2.24) is 9.88 Å². The number of carbonyl (C=O) groups is 1. The number of halogens is 1. The average Bonchev–Trinajstić information content (AvgIpc) is 3.25. The molecule has 0 aliphatic carbocycles. The topological polar surface area (TPSA) is 77.7 Å². The van der Waals surface area contributed by atoms with Crippen LogP contribution in [0.1, 0.15) is 33.1 Å². The molecule has 1 amide bonds. The number of hydrogen-bond donors (Lipinski definition) is 1. The highest BCUT2D eigenvalue weighted by atomic mass is 35.5. The number of fused-ring (bicyclic) bond motifs is 3.